The maximum Gasteiger partial charge on any atom is 0.243 e. The lowest BCUT2D eigenvalue weighted by molar-refractivity contribution is 0.210. The Bertz CT molecular complexity index is 910. The van der Waals surface area contributed by atoms with Crippen LogP contribution in [0.2, 0.25) is 0 Å². The van der Waals surface area contributed by atoms with Crippen molar-refractivity contribution >= 4 is 15.9 Å². The summed E-state index contributed by atoms with van der Waals surface area (Å²) in [7, 11) is -1.90. The molecule has 9 heteroatoms. The SMILES string of the molecule is COCCNc1oc(-c2ccc(S(=O)(=O)N3CCCCC3)cc2)nc1C#N. The molecule has 0 amide bonds. The number of ether oxygens (including phenoxy) is 1. The summed E-state index contributed by atoms with van der Waals surface area (Å²) < 4.78 is 37.5. The van der Waals surface area contributed by atoms with Crippen LogP contribution in [0.25, 0.3) is 11.5 Å². The minimum atomic E-state index is -3.48. The van der Waals surface area contributed by atoms with Crippen molar-refractivity contribution in [2.24, 2.45) is 0 Å². The van der Waals surface area contributed by atoms with Gasteiger partial charge in [0.2, 0.25) is 27.5 Å². The van der Waals surface area contributed by atoms with Gasteiger partial charge in [0, 0.05) is 32.3 Å². The van der Waals surface area contributed by atoms with E-state index in [0.717, 1.165) is 19.3 Å². The van der Waals surface area contributed by atoms with Crippen molar-refractivity contribution in [3.63, 3.8) is 0 Å². The van der Waals surface area contributed by atoms with Gasteiger partial charge in [-0.25, -0.2) is 8.42 Å². The van der Waals surface area contributed by atoms with Crippen molar-refractivity contribution in [2.75, 3.05) is 38.7 Å². The molecule has 0 unspecified atom stereocenters. The smallest absolute Gasteiger partial charge is 0.243 e. The van der Waals surface area contributed by atoms with Crippen molar-refractivity contribution in [1.29, 1.82) is 5.26 Å². The van der Waals surface area contributed by atoms with Gasteiger partial charge in [-0.3, -0.25) is 0 Å². The van der Waals surface area contributed by atoms with Gasteiger partial charge >= 0.3 is 0 Å². The molecule has 3 rings (SSSR count). The summed E-state index contributed by atoms with van der Waals surface area (Å²) in [5, 5.41) is 12.2. The van der Waals surface area contributed by atoms with E-state index in [1.807, 2.05) is 6.07 Å². The molecule has 2 aromatic rings. The first-order valence-corrected chi connectivity index (χ1v) is 10.2. The second kappa shape index (κ2) is 8.52. The number of hydrogen-bond donors (Lipinski definition) is 1. The highest BCUT2D eigenvalue weighted by Gasteiger charge is 2.26. The third kappa shape index (κ3) is 4.30. The number of nitriles is 1. The van der Waals surface area contributed by atoms with E-state index in [2.05, 4.69) is 10.3 Å². The molecule has 27 heavy (non-hydrogen) atoms. The highest BCUT2D eigenvalue weighted by molar-refractivity contribution is 7.89. The summed E-state index contributed by atoms with van der Waals surface area (Å²) in [6.07, 6.45) is 2.85. The van der Waals surface area contributed by atoms with Gasteiger partial charge in [-0.2, -0.15) is 14.6 Å². The first-order valence-electron chi connectivity index (χ1n) is 8.80. The minimum Gasteiger partial charge on any atom is -0.419 e. The third-order valence-corrected chi connectivity index (χ3v) is 6.29. The Morgan fingerprint density at radius 3 is 2.59 bits per heavy atom. The van der Waals surface area contributed by atoms with Gasteiger partial charge < -0.3 is 14.5 Å². The number of nitrogens with zero attached hydrogens (tertiary/aromatic N) is 3. The van der Waals surface area contributed by atoms with E-state index in [9.17, 15) is 13.7 Å². The molecule has 1 aromatic carbocycles. The second-order valence-corrected chi connectivity index (χ2v) is 8.16. The van der Waals surface area contributed by atoms with Crippen LogP contribution in [0.15, 0.2) is 33.6 Å². The number of benzene rings is 1. The number of methoxy groups -OCH3 is 1. The average molecular weight is 390 g/mol. The largest absolute Gasteiger partial charge is 0.419 e. The Morgan fingerprint density at radius 2 is 1.96 bits per heavy atom. The van der Waals surface area contributed by atoms with Crippen molar-refractivity contribution in [1.82, 2.24) is 9.29 Å². The van der Waals surface area contributed by atoms with Crippen LogP contribution >= 0.6 is 0 Å². The molecule has 0 saturated carbocycles. The van der Waals surface area contributed by atoms with E-state index in [1.54, 1.807) is 31.4 Å². The van der Waals surface area contributed by atoms with Gasteiger partial charge in [0.25, 0.3) is 0 Å². The molecule has 0 aliphatic carbocycles. The molecular formula is C18H22N4O4S. The van der Waals surface area contributed by atoms with E-state index in [0.29, 0.717) is 31.8 Å². The molecule has 0 atom stereocenters. The van der Waals surface area contributed by atoms with Crippen molar-refractivity contribution in [3.05, 3.63) is 30.0 Å². The lowest BCUT2D eigenvalue weighted by atomic mass is 10.2. The van der Waals surface area contributed by atoms with E-state index in [4.69, 9.17) is 9.15 Å². The lowest BCUT2D eigenvalue weighted by Crippen LogP contribution is -2.35. The van der Waals surface area contributed by atoms with Crippen LogP contribution in [0, 0.1) is 11.3 Å². The molecule has 1 aliphatic heterocycles. The normalized spacial score (nSPS) is 15.4. The third-order valence-electron chi connectivity index (χ3n) is 4.38. The molecule has 1 N–H and O–H groups in total. The zero-order valence-corrected chi connectivity index (χ0v) is 16.0. The van der Waals surface area contributed by atoms with Crippen LogP contribution in [0.5, 0.6) is 0 Å². The predicted molar refractivity (Wildman–Crippen MR) is 99.6 cm³/mol. The van der Waals surface area contributed by atoms with Crippen LogP contribution in [0.4, 0.5) is 5.88 Å². The Labute approximate surface area is 158 Å². The Balaban J connectivity index is 1.80. The summed E-state index contributed by atoms with van der Waals surface area (Å²) >= 11 is 0. The standard InChI is InChI=1S/C18H22N4O4S/c1-25-12-9-20-18-16(13-19)21-17(26-18)14-5-7-15(8-6-14)27(23,24)22-10-3-2-4-11-22/h5-8,20H,2-4,9-12H2,1H3. The van der Waals surface area contributed by atoms with Crippen molar-refractivity contribution in [2.45, 2.75) is 24.2 Å². The zero-order chi connectivity index (χ0) is 19.3. The van der Waals surface area contributed by atoms with Gasteiger partial charge in [-0.05, 0) is 37.1 Å². The molecule has 1 aliphatic rings. The molecule has 8 nitrogen and oxygen atoms in total. The topological polar surface area (TPSA) is 108 Å². The van der Waals surface area contributed by atoms with Crippen molar-refractivity contribution in [3.8, 4) is 17.5 Å². The molecule has 0 radical (unpaired) electrons. The number of hydrogen-bond acceptors (Lipinski definition) is 7. The molecule has 0 spiro atoms. The minimum absolute atomic E-state index is 0.145. The molecular weight excluding hydrogens is 368 g/mol. The molecule has 0 bridgehead atoms. The maximum atomic E-state index is 12.7. The molecule has 1 fully saturated rings. The van der Waals surface area contributed by atoms with E-state index >= 15 is 0 Å². The lowest BCUT2D eigenvalue weighted by Gasteiger charge is -2.25. The average Bonchev–Trinajstić information content (AvgIpc) is 3.12. The highest BCUT2D eigenvalue weighted by Crippen LogP contribution is 2.27. The van der Waals surface area contributed by atoms with E-state index in [1.165, 1.54) is 4.31 Å². The number of nitrogens with one attached hydrogen (secondary N) is 1. The summed E-state index contributed by atoms with van der Waals surface area (Å²) in [4.78, 5) is 4.42. The molecule has 144 valence electrons. The Kier molecular flexibility index (Phi) is 6.11. The first kappa shape index (κ1) is 19.4. The number of aromatic nitrogens is 1. The number of piperidine rings is 1. The summed E-state index contributed by atoms with van der Waals surface area (Å²) in [5.41, 5.74) is 0.745. The fraction of sp³-hybridized carbons (Fsp3) is 0.444. The van der Waals surface area contributed by atoms with Crippen LogP contribution in [-0.2, 0) is 14.8 Å². The summed E-state index contributed by atoms with van der Waals surface area (Å²) in [5.74, 6) is 0.531. The Hall–Kier alpha value is -2.41. The van der Waals surface area contributed by atoms with Gasteiger partial charge in [0.05, 0.1) is 11.5 Å². The van der Waals surface area contributed by atoms with Gasteiger partial charge in [-0.15, -0.1) is 0 Å². The number of rotatable bonds is 7. The molecule has 2 heterocycles. The number of sulfonamides is 1. The fourth-order valence-electron chi connectivity index (χ4n) is 2.93. The second-order valence-electron chi connectivity index (χ2n) is 6.22. The highest BCUT2D eigenvalue weighted by atomic mass is 32.2. The summed E-state index contributed by atoms with van der Waals surface area (Å²) in [6.45, 7) is 2.06. The zero-order valence-electron chi connectivity index (χ0n) is 15.1. The summed E-state index contributed by atoms with van der Waals surface area (Å²) in [6, 6.07) is 8.36. The van der Waals surface area contributed by atoms with Gasteiger partial charge in [0.1, 0.15) is 6.07 Å². The first-order chi connectivity index (χ1) is 13.1. The van der Waals surface area contributed by atoms with E-state index in [-0.39, 0.29) is 22.4 Å². The quantitative estimate of drug-likeness (QED) is 0.723. The van der Waals surface area contributed by atoms with Crippen molar-refractivity contribution < 1.29 is 17.6 Å². The Morgan fingerprint density at radius 1 is 1.26 bits per heavy atom. The van der Waals surface area contributed by atoms with Crippen LogP contribution in [-0.4, -0.2) is 51.1 Å². The number of anilines is 1. The van der Waals surface area contributed by atoms with Crippen LogP contribution in [0.1, 0.15) is 25.0 Å². The monoisotopic (exact) mass is 390 g/mol. The predicted octanol–water partition coefficient (Wildman–Crippen LogP) is 2.45. The molecule has 1 saturated heterocycles. The van der Waals surface area contributed by atoms with Crippen LogP contribution < -0.4 is 5.32 Å². The van der Waals surface area contributed by atoms with Gasteiger partial charge in [0.15, 0.2) is 0 Å². The van der Waals surface area contributed by atoms with Gasteiger partial charge in [-0.1, -0.05) is 6.42 Å². The maximum absolute atomic E-state index is 12.7. The van der Waals surface area contributed by atoms with Crippen LogP contribution in [0.3, 0.4) is 0 Å². The molecule has 1 aromatic heterocycles. The van der Waals surface area contributed by atoms with E-state index < -0.39 is 10.0 Å². The number of oxazole rings is 1. The fourth-order valence-corrected chi connectivity index (χ4v) is 4.45.